The molecule has 1 unspecified atom stereocenters. The second kappa shape index (κ2) is 7.66. The molecule has 0 spiro atoms. The normalized spacial score (nSPS) is 23.0. The van der Waals surface area contributed by atoms with E-state index in [9.17, 15) is 8.78 Å². The number of rotatable bonds is 5. The van der Waals surface area contributed by atoms with E-state index in [4.69, 9.17) is 4.98 Å². The number of alkyl halides is 2. The fourth-order valence-corrected chi connectivity index (χ4v) is 5.40. The highest BCUT2D eigenvalue weighted by molar-refractivity contribution is 9.10. The van der Waals surface area contributed by atoms with Crippen molar-refractivity contribution in [2.45, 2.75) is 43.7 Å². The number of imidazole rings is 1. The first-order chi connectivity index (χ1) is 15.4. The van der Waals surface area contributed by atoms with Gasteiger partial charge in [0.15, 0.2) is 5.65 Å². The molecule has 3 aromatic rings. The molecular formula is C23H25BrF2N6. The molecule has 1 N–H and O–H groups in total. The van der Waals surface area contributed by atoms with Crippen molar-refractivity contribution in [1.82, 2.24) is 19.3 Å². The fourth-order valence-electron chi connectivity index (χ4n) is 5.04. The van der Waals surface area contributed by atoms with Gasteiger partial charge in [0.05, 0.1) is 24.5 Å². The van der Waals surface area contributed by atoms with Crippen LogP contribution in [0.4, 0.5) is 20.2 Å². The maximum absolute atomic E-state index is 14.0. The van der Waals surface area contributed by atoms with E-state index in [1.165, 1.54) is 18.4 Å². The topological polar surface area (TPSA) is 48.7 Å². The molecule has 3 fully saturated rings. The van der Waals surface area contributed by atoms with E-state index in [1.807, 2.05) is 17.0 Å². The minimum Gasteiger partial charge on any atom is -0.379 e. The zero-order valence-corrected chi connectivity index (χ0v) is 19.2. The molecule has 32 heavy (non-hydrogen) atoms. The summed E-state index contributed by atoms with van der Waals surface area (Å²) in [7, 11) is 0. The Balaban J connectivity index is 1.29. The quantitative estimate of drug-likeness (QED) is 0.520. The van der Waals surface area contributed by atoms with Crippen LogP contribution in [0.1, 0.15) is 36.4 Å². The van der Waals surface area contributed by atoms with Gasteiger partial charge in [-0.25, -0.2) is 18.7 Å². The number of hydrogen-bond donors (Lipinski definition) is 1. The van der Waals surface area contributed by atoms with Crippen LogP contribution in [-0.4, -0.2) is 57.4 Å². The molecule has 6 rings (SSSR count). The monoisotopic (exact) mass is 502 g/mol. The Morgan fingerprint density at radius 1 is 1.19 bits per heavy atom. The molecule has 0 bridgehead atoms. The van der Waals surface area contributed by atoms with Gasteiger partial charge in [-0.05, 0) is 58.5 Å². The molecule has 3 aromatic heterocycles. The van der Waals surface area contributed by atoms with Gasteiger partial charge in [-0.1, -0.05) is 0 Å². The average Bonchev–Trinajstić information content (AvgIpc) is 3.44. The lowest BCUT2D eigenvalue weighted by Crippen LogP contribution is -2.50. The lowest BCUT2D eigenvalue weighted by atomic mass is 10.1. The van der Waals surface area contributed by atoms with Crippen molar-refractivity contribution in [3.8, 4) is 0 Å². The van der Waals surface area contributed by atoms with Crippen LogP contribution >= 0.6 is 15.9 Å². The summed E-state index contributed by atoms with van der Waals surface area (Å²) < 4.78 is 30.8. The number of hydrogen-bond acceptors (Lipinski definition) is 5. The summed E-state index contributed by atoms with van der Waals surface area (Å²) in [5.41, 5.74) is 5.21. The van der Waals surface area contributed by atoms with E-state index in [0.29, 0.717) is 25.6 Å². The Bertz CT molecular complexity index is 1160. The van der Waals surface area contributed by atoms with E-state index in [-0.39, 0.29) is 19.0 Å². The molecule has 9 heteroatoms. The molecule has 5 heterocycles. The molecule has 0 aromatic carbocycles. The van der Waals surface area contributed by atoms with Gasteiger partial charge in [-0.3, -0.25) is 4.90 Å². The Labute approximate surface area is 193 Å². The van der Waals surface area contributed by atoms with Crippen molar-refractivity contribution in [2.75, 3.05) is 36.4 Å². The summed E-state index contributed by atoms with van der Waals surface area (Å²) in [6.07, 6.45) is 8.40. The van der Waals surface area contributed by atoms with Crippen LogP contribution < -0.4 is 10.2 Å². The van der Waals surface area contributed by atoms with Gasteiger partial charge in [0, 0.05) is 56.4 Å². The average molecular weight is 503 g/mol. The van der Waals surface area contributed by atoms with Crippen molar-refractivity contribution in [2.24, 2.45) is 0 Å². The van der Waals surface area contributed by atoms with Gasteiger partial charge in [0.1, 0.15) is 4.60 Å². The highest BCUT2D eigenvalue weighted by Gasteiger charge is 2.47. The van der Waals surface area contributed by atoms with Gasteiger partial charge in [-0.15, -0.1) is 0 Å². The summed E-state index contributed by atoms with van der Waals surface area (Å²) in [4.78, 5) is 13.3. The van der Waals surface area contributed by atoms with Crippen LogP contribution in [0.5, 0.6) is 0 Å². The van der Waals surface area contributed by atoms with E-state index in [2.05, 4.69) is 54.0 Å². The highest BCUT2D eigenvalue weighted by Crippen LogP contribution is 2.42. The first-order valence-corrected chi connectivity index (χ1v) is 12.0. The van der Waals surface area contributed by atoms with Crippen LogP contribution in [0.3, 0.4) is 0 Å². The fraction of sp³-hybridized carbons (Fsp3) is 0.478. The summed E-state index contributed by atoms with van der Waals surface area (Å²) in [5.74, 6) is -1.96. The molecule has 0 amide bonds. The highest BCUT2D eigenvalue weighted by atomic mass is 79.9. The number of aromatic nitrogens is 3. The minimum atomic E-state index is -2.57. The molecule has 168 valence electrons. The van der Waals surface area contributed by atoms with Gasteiger partial charge in [-0.2, -0.15) is 0 Å². The predicted molar refractivity (Wildman–Crippen MR) is 124 cm³/mol. The van der Waals surface area contributed by atoms with E-state index >= 15 is 0 Å². The third kappa shape index (κ3) is 3.96. The van der Waals surface area contributed by atoms with Crippen LogP contribution in [0.15, 0.2) is 41.4 Å². The Hall–Kier alpha value is -2.26. The molecule has 1 aliphatic carbocycles. The molecule has 1 saturated carbocycles. The van der Waals surface area contributed by atoms with E-state index in [1.54, 1.807) is 6.20 Å². The number of pyridine rings is 2. The predicted octanol–water partition coefficient (Wildman–Crippen LogP) is 4.51. The maximum Gasteiger partial charge on any atom is 0.262 e. The van der Waals surface area contributed by atoms with Crippen LogP contribution in [0.25, 0.3) is 5.65 Å². The molecule has 2 saturated heterocycles. The first-order valence-electron chi connectivity index (χ1n) is 11.2. The molecule has 0 radical (unpaired) electrons. The molecular weight excluding hydrogens is 478 g/mol. The van der Waals surface area contributed by atoms with Gasteiger partial charge in [0.25, 0.3) is 5.92 Å². The Morgan fingerprint density at radius 2 is 2.06 bits per heavy atom. The second-order valence-corrected chi connectivity index (χ2v) is 10.1. The summed E-state index contributed by atoms with van der Waals surface area (Å²) in [5, 5.41) is 3.40. The largest absolute Gasteiger partial charge is 0.379 e. The van der Waals surface area contributed by atoms with E-state index in [0.717, 1.165) is 33.9 Å². The molecule has 1 atom stereocenters. The van der Waals surface area contributed by atoms with Gasteiger partial charge >= 0.3 is 0 Å². The van der Waals surface area contributed by atoms with Gasteiger partial charge in [0.2, 0.25) is 0 Å². The van der Waals surface area contributed by atoms with Crippen LogP contribution in [0.2, 0.25) is 0 Å². The van der Waals surface area contributed by atoms with Crippen molar-refractivity contribution in [3.63, 3.8) is 0 Å². The van der Waals surface area contributed by atoms with Crippen molar-refractivity contribution in [1.29, 1.82) is 0 Å². The number of nitrogens with zero attached hydrogens (tertiary/aromatic N) is 5. The first kappa shape index (κ1) is 20.4. The smallest absolute Gasteiger partial charge is 0.262 e. The SMILES string of the molecule is FC1(F)CC2CN(c3cc(C4CC4)cn4cc(CNc5ccnc(Br)c5)nc34)CCN2C1. The van der Waals surface area contributed by atoms with Crippen LogP contribution in [-0.2, 0) is 6.54 Å². The van der Waals surface area contributed by atoms with E-state index < -0.39 is 5.92 Å². The van der Waals surface area contributed by atoms with Gasteiger partial charge < -0.3 is 14.6 Å². The third-order valence-corrected chi connectivity index (χ3v) is 7.20. The van der Waals surface area contributed by atoms with Crippen molar-refractivity contribution < 1.29 is 8.78 Å². The zero-order chi connectivity index (χ0) is 21.9. The van der Waals surface area contributed by atoms with Crippen molar-refractivity contribution in [3.05, 3.63) is 52.7 Å². The maximum atomic E-state index is 14.0. The second-order valence-electron chi connectivity index (χ2n) is 9.25. The van der Waals surface area contributed by atoms with Crippen molar-refractivity contribution >= 4 is 33.0 Å². The minimum absolute atomic E-state index is 0.0484. The Kier molecular flexibility index (Phi) is 4.87. The number of halogens is 3. The zero-order valence-electron chi connectivity index (χ0n) is 17.6. The summed E-state index contributed by atoms with van der Waals surface area (Å²) >= 11 is 3.40. The number of anilines is 2. The Morgan fingerprint density at radius 3 is 2.88 bits per heavy atom. The molecule has 3 aliphatic rings. The lowest BCUT2D eigenvalue weighted by molar-refractivity contribution is 0.0125. The number of piperazine rings is 1. The molecule has 6 nitrogen and oxygen atoms in total. The molecule has 2 aliphatic heterocycles. The standard InChI is InChI=1S/C23H25BrF2N6/c24-21-8-17(3-4-27-21)28-10-18-12-32-11-16(15-1-2-15)7-20(22(32)29-18)30-5-6-31-14-23(25,26)9-19(31)13-30/h3-4,7-8,11-12,15,19H,1-2,5-6,9-10,13-14H2,(H,27,28). The van der Waals surface area contributed by atoms with Crippen LogP contribution in [0, 0.1) is 0 Å². The summed E-state index contributed by atoms with van der Waals surface area (Å²) in [6, 6.07) is 6.02. The summed E-state index contributed by atoms with van der Waals surface area (Å²) in [6.45, 7) is 2.55. The lowest BCUT2D eigenvalue weighted by Gasteiger charge is -2.38. The number of nitrogens with one attached hydrogen (secondary N) is 1. The number of fused-ring (bicyclic) bond motifs is 2. The third-order valence-electron chi connectivity index (χ3n) is 6.77.